The number of rotatable bonds is 4. The third-order valence-electron chi connectivity index (χ3n) is 10.2. The van der Waals surface area contributed by atoms with Crippen molar-refractivity contribution in [2.75, 3.05) is 0 Å². The van der Waals surface area contributed by atoms with Gasteiger partial charge in [-0.2, -0.15) is 0 Å². The molecule has 9 aromatic carbocycles. The lowest BCUT2D eigenvalue weighted by molar-refractivity contribution is 1.58. The Balaban J connectivity index is 1.36. The van der Waals surface area contributed by atoms with Gasteiger partial charge in [0.1, 0.15) is 0 Å². The minimum absolute atomic E-state index is 1.24. The molecule has 0 atom stereocenters. The van der Waals surface area contributed by atoms with Crippen LogP contribution >= 0.6 is 0 Å². The van der Waals surface area contributed by atoms with Gasteiger partial charge in [-0.15, -0.1) is 0 Å². The van der Waals surface area contributed by atoms with Crippen LogP contribution in [0.5, 0.6) is 0 Å². The first-order valence-corrected chi connectivity index (χ1v) is 16.7. The zero-order valence-corrected chi connectivity index (χ0v) is 26.3. The van der Waals surface area contributed by atoms with Gasteiger partial charge >= 0.3 is 0 Å². The highest BCUT2D eigenvalue weighted by Crippen LogP contribution is 2.56. The van der Waals surface area contributed by atoms with Gasteiger partial charge in [0, 0.05) is 0 Å². The molecule has 48 heavy (non-hydrogen) atoms. The van der Waals surface area contributed by atoms with E-state index in [1.807, 2.05) is 0 Å². The van der Waals surface area contributed by atoms with Crippen LogP contribution in [0.2, 0.25) is 0 Å². The largest absolute Gasteiger partial charge is 0.0616 e. The average molecular weight is 607 g/mol. The first-order chi connectivity index (χ1) is 23.8. The van der Waals surface area contributed by atoms with Crippen LogP contribution in [0.3, 0.4) is 0 Å². The molecule has 0 radical (unpaired) electrons. The Bertz CT molecular complexity index is 2720. The maximum absolute atomic E-state index is 2.45. The lowest BCUT2D eigenvalue weighted by atomic mass is 9.81. The average Bonchev–Trinajstić information content (AvgIpc) is 3.50. The van der Waals surface area contributed by atoms with Gasteiger partial charge < -0.3 is 0 Å². The van der Waals surface area contributed by atoms with Crippen molar-refractivity contribution < 1.29 is 0 Å². The summed E-state index contributed by atoms with van der Waals surface area (Å²) in [5.41, 5.74) is 15.3. The van der Waals surface area contributed by atoms with Crippen LogP contribution in [0, 0.1) is 0 Å². The Morgan fingerprint density at radius 2 is 0.562 bits per heavy atom. The summed E-state index contributed by atoms with van der Waals surface area (Å²) in [4.78, 5) is 0. The first-order valence-electron chi connectivity index (χ1n) is 16.7. The summed E-state index contributed by atoms with van der Waals surface area (Å²) < 4.78 is 0. The van der Waals surface area contributed by atoms with E-state index in [1.54, 1.807) is 0 Å². The molecule has 0 spiro atoms. The van der Waals surface area contributed by atoms with Gasteiger partial charge in [-0.25, -0.2) is 0 Å². The predicted octanol–water partition coefficient (Wildman–Crippen LogP) is 13.5. The van der Waals surface area contributed by atoms with Crippen LogP contribution in [0.15, 0.2) is 182 Å². The van der Waals surface area contributed by atoms with E-state index in [4.69, 9.17) is 0 Å². The molecule has 1 aliphatic carbocycles. The normalized spacial score (nSPS) is 11.8. The van der Waals surface area contributed by atoms with Crippen LogP contribution in [0.1, 0.15) is 0 Å². The van der Waals surface area contributed by atoms with E-state index in [0.29, 0.717) is 0 Å². The molecule has 0 heteroatoms. The fraction of sp³-hybridized carbons (Fsp3) is 0. The predicted molar refractivity (Wildman–Crippen MR) is 205 cm³/mol. The fourth-order valence-corrected chi connectivity index (χ4v) is 8.19. The van der Waals surface area contributed by atoms with E-state index >= 15 is 0 Å². The molecule has 0 aromatic heterocycles. The molecule has 222 valence electrons. The van der Waals surface area contributed by atoms with E-state index in [2.05, 4.69) is 182 Å². The van der Waals surface area contributed by atoms with Gasteiger partial charge in [-0.3, -0.25) is 0 Å². The molecular formula is C48H30. The summed E-state index contributed by atoms with van der Waals surface area (Å²) in [7, 11) is 0. The summed E-state index contributed by atoms with van der Waals surface area (Å²) in [6.45, 7) is 0. The fourth-order valence-electron chi connectivity index (χ4n) is 8.19. The number of benzene rings is 9. The standard InChI is InChI=1S/C48H30/c1-3-19-34-31(14-1)16-11-27-36(34)38-21-5-6-23-40(38)45-30-33-18-13-29-42-41-24-8-10-26-44(41)48(46(33)42)47(45)43-25-9-7-22-39(43)37-28-12-17-32-15-2-4-20-35(32)37/h1-30H. The monoisotopic (exact) mass is 606 g/mol. The van der Waals surface area contributed by atoms with Crippen molar-refractivity contribution >= 4 is 32.3 Å². The Hall–Kier alpha value is -6.24. The van der Waals surface area contributed by atoms with Gasteiger partial charge in [-0.1, -0.05) is 176 Å². The highest BCUT2D eigenvalue weighted by Gasteiger charge is 2.29. The summed E-state index contributed by atoms with van der Waals surface area (Å²) in [6.07, 6.45) is 0. The van der Waals surface area contributed by atoms with Crippen molar-refractivity contribution in [2.24, 2.45) is 0 Å². The van der Waals surface area contributed by atoms with Crippen molar-refractivity contribution in [3.05, 3.63) is 182 Å². The van der Waals surface area contributed by atoms with Gasteiger partial charge in [0.15, 0.2) is 0 Å². The Kier molecular flexibility index (Phi) is 5.98. The van der Waals surface area contributed by atoms with Crippen LogP contribution < -0.4 is 0 Å². The highest BCUT2D eigenvalue weighted by atomic mass is 14.3. The maximum atomic E-state index is 2.45. The van der Waals surface area contributed by atoms with Crippen LogP contribution in [0.4, 0.5) is 0 Å². The molecule has 0 aliphatic heterocycles. The highest BCUT2D eigenvalue weighted by molar-refractivity contribution is 6.23. The summed E-state index contributed by atoms with van der Waals surface area (Å²) in [6, 6.07) is 67.1. The quantitative estimate of drug-likeness (QED) is 0.187. The molecule has 0 bridgehead atoms. The van der Waals surface area contributed by atoms with Gasteiger partial charge in [0.05, 0.1) is 0 Å². The van der Waals surface area contributed by atoms with Crippen molar-refractivity contribution in [3.63, 3.8) is 0 Å². The van der Waals surface area contributed by atoms with Crippen molar-refractivity contribution in [1.29, 1.82) is 0 Å². The third kappa shape index (κ3) is 3.96. The molecule has 0 saturated carbocycles. The van der Waals surface area contributed by atoms with Gasteiger partial charge in [-0.05, 0) is 105 Å². The molecule has 1 aliphatic rings. The lowest BCUT2D eigenvalue weighted by Gasteiger charge is -2.22. The summed E-state index contributed by atoms with van der Waals surface area (Å²) in [5.74, 6) is 0. The van der Waals surface area contributed by atoms with E-state index in [9.17, 15) is 0 Å². The second-order valence-electron chi connectivity index (χ2n) is 12.8. The third-order valence-corrected chi connectivity index (χ3v) is 10.2. The van der Waals surface area contributed by atoms with E-state index < -0.39 is 0 Å². The Labute approximate surface area is 280 Å². The van der Waals surface area contributed by atoms with Gasteiger partial charge in [0.2, 0.25) is 0 Å². The minimum Gasteiger partial charge on any atom is -0.0616 e. The lowest BCUT2D eigenvalue weighted by Crippen LogP contribution is -1.95. The molecule has 10 rings (SSSR count). The summed E-state index contributed by atoms with van der Waals surface area (Å²) >= 11 is 0. The molecular weight excluding hydrogens is 577 g/mol. The minimum atomic E-state index is 1.24. The van der Waals surface area contributed by atoms with Gasteiger partial charge in [0.25, 0.3) is 0 Å². The van der Waals surface area contributed by atoms with Crippen LogP contribution in [-0.4, -0.2) is 0 Å². The SMILES string of the molecule is c1ccc(-c2cccc3ccccc23)c(-c2cc3cccc4c3c(c2-c2ccccc2-c2cccc3ccccc23)-c2ccccc2-4)c1. The van der Waals surface area contributed by atoms with E-state index in [0.717, 1.165) is 0 Å². The molecule has 0 nitrogen and oxygen atoms in total. The van der Waals surface area contributed by atoms with Crippen molar-refractivity contribution in [2.45, 2.75) is 0 Å². The zero-order valence-electron chi connectivity index (χ0n) is 26.3. The molecule has 0 N–H and O–H groups in total. The van der Waals surface area contributed by atoms with Crippen LogP contribution in [0.25, 0.3) is 99.1 Å². The molecule has 0 fully saturated rings. The first kappa shape index (κ1) is 26.9. The molecule has 0 unspecified atom stereocenters. The number of hydrogen-bond donors (Lipinski definition) is 0. The topological polar surface area (TPSA) is 0 Å². The number of fused-ring (bicyclic) bond motifs is 5. The number of hydrogen-bond acceptors (Lipinski definition) is 0. The van der Waals surface area contributed by atoms with Crippen molar-refractivity contribution in [3.8, 4) is 66.8 Å². The van der Waals surface area contributed by atoms with E-state index in [1.165, 1.54) is 99.1 Å². The molecule has 9 aromatic rings. The summed E-state index contributed by atoms with van der Waals surface area (Å²) in [5, 5.41) is 7.65. The second-order valence-corrected chi connectivity index (χ2v) is 12.8. The van der Waals surface area contributed by atoms with E-state index in [-0.39, 0.29) is 0 Å². The van der Waals surface area contributed by atoms with Crippen molar-refractivity contribution in [1.82, 2.24) is 0 Å². The zero-order chi connectivity index (χ0) is 31.6. The van der Waals surface area contributed by atoms with Crippen LogP contribution in [-0.2, 0) is 0 Å². The second kappa shape index (κ2) is 10.7. The molecule has 0 amide bonds. The molecule has 0 heterocycles. The Morgan fingerprint density at radius 1 is 0.208 bits per heavy atom. The maximum Gasteiger partial charge on any atom is -0.000785 e. The smallest absolute Gasteiger partial charge is 0.000785 e. The Morgan fingerprint density at radius 3 is 1.15 bits per heavy atom. The molecule has 0 saturated heterocycles.